The topological polar surface area (TPSA) is 88.5 Å². The summed E-state index contributed by atoms with van der Waals surface area (Å²) in [5, 5.41) is 14.7. The molecule has 0 unspecified atom stereocenters. The summed E-state index contributed by atoms with van der Waals surface area (Å²) in [4.78, 5) is 17.2. The van der Waals surface area contributed by atoms with Crippen molar-refractivity contribution >= 4 is 33.4 Å². The zero-order valence-electron chi connectivity index (χ0n) is 17.5. The number of aromatic nitrogens is 5. The summed E-state index contributed by atoms with van der Waals surface area (Å²) in [6, 6.07) is 10.0. The van der Waals surface area contributed by atoms with Gasteiger partial charge in [0.05, 0.1) is 22.6 Å². The normalized spacial score (nSPS) is 11.4. The van der Waals surface area contributed by atoms with Crippen molar-refractivity contribution in [1.82, 2.24) is 25.0 Å². The lowest BCUT2D eigenvalue weighted by Crippen LogP contribution is -2.16. The van der Waals surface area contributed by atoms with E-state index in [2.05, 4.69) is 25.6 Å². The van der Waals surface area contributed by atoms with Crippen molar-refractivity contribution < 1.29 is 13.6 Å². The summed E-state index contributed by atoms with van der Waals surface area (Å²) in [7, 11) is 1.57. The molecule has 0 saturated heterocycles. The van der Waals surface area contributed by atoms with Crippen molar-refractivity contribution in [3.8, 4) is 11.3 Å². The predicted molar refractivity (Wildman–Crippen MR) is 117 cm³/mol. The van der Waals surface area contributed by atoms with E-state index in [9.17, 15) is 13.6 Å². The van der Waals surface area contributed by atoms with E-state index in [1.165, 1.54) is 10.9 Å². The molecule has 9 heteroatoms. The molecule has 0 fully saturated rings. The minimum Gasteiger partial charge on any atom is -0.322 e. The van der Waals surface area contributed by atoms with Gasteiger partial charge in [-0.15, -0.1) is 0 Å². The van der Waals surface area contributed by atoms with E-state index in [0.29, 0.717) is 11.4 Å². The monoisotopic (exact) mass is 432 g/mol. The van der Waals surface area contributed by atoms with Gasteiger partial charge in [-0.25, -0.2) is 8.78 Å². The first kappa shape index (κ1) is 19.8. The minimum absolute atomic E-state index is 0.0787. The predicted octanol–water partition coefficient (Wildman–Crippen LogP) is 4.66. The lowest BCUT2D eigenvalue weighted by molar-refractivity contribution is 0.101. The molecule has 5 aromatic rings. The molecular weight excluding hydrogens is 414 g/mol. The Balaban J connectivity index is 1.54. The molecule has 2 N–H and O–H groups in total. The third kappa shape index (κ3) is 3.18. The number of hydrogen-bond donors (Lipinski definition) is 2. The fourth-order valence-corrected chi connectivity index (χ4v) is 3.90. The van der Waals surface area contributed by atoms with E-state index in [-0.39, 0.29) is 10.9 Å². The van der Waals surface area contributed by atoms with Crippen LogP contribution in [0.3, 0.4) is 0 Å². The van der Waals surface area contributed by atoms with E-state index in [0.717, 1.165) is 33.9 Å². The highest BCUT2D eigenvalue weighted by Crippen LogP contribution is 2.30. The number of fused-ring (bicyclic) bond motifs is 2. The van der Waals surface area contributed by atoms with Crippen LogP contribution < -0.4 is 5.32 Å². The van der Waals surface area contributed by atoms with Gasteiger partial charge in [0.1, 0.15) is 22.9 Å². The second kappa shape index (κ2) is 7.23. The number of halogens is 2. The van der Waals surface area contributed by atoms with Crippen LogP contribution in [0.1, 0.15) is 21.7 Å². The highest BCUT2D eigenvalue weighted by Gasteiger charge is 2.22. The summed E-state index contributed by atoms with van der Waals surface area (Å²) in [6.45, 7) is 3.80. The smallest absolute Gasteiger partial charge is 0.261 e. The highest BCUT2D eigenvalue weighted by molar-refractivity contribution is 6.08. The first-order valence-corrected chi connectivity index (χ1v) is 9.86. The Kier molecular flexibility index (Phi) is 4.47. The Bertz CT molecular complexity index is 1510. The van der Waals surface area contributed by atoms with Crippen molar-refractivity contribution in [1.29, 1.82) is 0 Å². The van der Waals surface area contributed by atoms with Crippen LogP contribution in [-0.4, -0.2) is 30.9 Å². The maximum Gasteiger partial charge on any atom is 0.261 e. The van der Waals surface area contributed by atoms with Gasteiger partial charge in [0, 0.05) is 41.1 Å². The Morgan fingerprint density at radius 1 is 1.06 bits per heavy atom. The largest absolute Gasteiger partial charge is 0.322 e. The fraction of sp³-hybridized carbons (Fsp3) is 0.130. The zero-order chi connectivity index (χ0) is 22.6. The van der Waals surface area contributed by atoms with E-state index >= 15 is 0 Å². The number of rotatable bonds is 3. The number of carbonyl (C=O) groups excluding carboxylic acids is 1. The first-order chi connectivity index (χ1) is 15.3. The van der Waals surface area contributed by atoms with Crippen LogP contribution in [-0.2, 0) is 7.05 Å². The Hall–Kier alpha value is -4.14. The molecule has 1 amide bonds. The van der Waals surface area contributed by atoms with Crippen LogP contribution in [0.5, 0.6) is 0 Å². The molecule has 0 radical (unpaired) electrons. The minimum atomic E-state index is -0.955. The highest BCUT2D eigenvalue weighted by atomic mass is 19.1. The Morgan fingerprint density at radius 3 is 2.56 bits per heavy atom. The Morgan fingerprint density at radius 2 is 1.81 bits per heavy atom. The van der Waals surface area contributed by atoms with Crippen LogP contribution in [0.25, 0.3) is 33.1 Å². The lowest BCUT2D eigenvalue weighted by Gasteiger charge is -2.09. The molecule has 2 aromatic carbocycles. The number of nitrogens with one attached hydrogen (secondary N) is 2. The molecule has 0 aliphatic rings. The average Bonchev–Trinajstić information content (AvgIpc) is 3.31. The maximum atomic E-state index is 14.9. The van der Waals surface area contributed by atoms with Gasteiger partial charge in [-0.2, -0.15) is 10.2 Å². The molecule has 7 nitrogen and oxygen atoms in total. The third-order valence-corrected chi connectivity index (χ3v) is 5.35. The maximum absolute atomic E-state index is 14.9. The number of pyridine rings is 1. The number of aryl methyl sites for hydroxylation is 3. The number of nitrogens with zero attached hydrogens (tertiary/aromatic N) is 4. The van der Waals surface area contributed by atoms with Gasteiger partial charge in [0.2, 0.25) is 0 Å². The average molecular weight is 432 g/mol. The molecule has 32 heavy (non-hydrogen) atoms. The van der Waals surface area contributed by atoms with Crippen molar-refractivity contribution in [3.05, 3.63) is 71.2 Å². The number of anilines is 1. The van der Waals surface area contributed by atoms with Crippen LogP contribution in [0.2, 0.25) is 0 Å². The molecule has 0 atom stereocenters. The lowest BCUT2D eigenvalue weighted by atomic mass is 10.1. The third-order valence-electron chi connectivity index (χ3n) is 5.35. The summed E-state index contributed by atoms with van der Waals surface area (Å²) < 4.78 is 30.8. The van der Waals surface area contributed by atoms with Crippen molar-refractivity contribution in [2.75, 3.05) is 5.32 Å². The summed E-state index contributed by atoms with van der Waals surface area (Å²) in [6.07, 6.45) is 1.27. The molecule has 0 aliphatic heterocycles. The van der Waals surface area contributed by atoms with E-state index in [1.54, 1.807) is 25.2 Å². The van der Waals surface area contributed by atoms with Gasteiger partial charge in [0.15, 0.2) is 0 Å². The summed E-state index contributed by atoms with van der Waals surface area (Å²) in [5.74, 6) is -2.78. The van der Waals surface area contributed by atoms with Gasteiger partial charge in [-0.3, -0.25) is 19.6 Å². The molecule has 3 heterocycles. The second-order valence-electron chi connectivity index (χ2n) is 7.67. The molecule has 5 rings (SSSR count). The van der Waals surface area contributed by atoms with Gasteiger partial charge in [0.25, 0.3) is 5.91 Å². The number of H-pyrrole nitrogens is 1. The number of amides is 1. The number of benzene rings is 2. The molecule has 0 spiro atoms. The van der Waals surface area contributed by atoms with Crippen LogP contribution in [0, 0.1) is 25.5 Å². The number of carbonyl (C=O) groups is 1. The Labute approximate surface area is 181 Å². The van der Waals surface area contributed by atoms with E-state index in [1.807, 2.05) is 26.0 Å². The van der Waals surface area contributed by atoms with Gasteiger partial charge in [-0.05, 0) is 44.2 Å². The summed E-state index contributed by atoms with van der Waals surface area (Å²) >= 11 is 0. The van der Waals surface area contributed by atoms with Gasteiger partial charge in [-0.1, -0.05) is 0 Å². The summed E-state index contributed by atoms with van der Waals surface area (Å²) in [5.41, 5.74) is 4.05. The molecular formula is C23H18F2N6O. The molecule has 3 aromatic heterocycles. The standard InChI is InChI=1S/C23H18F2N6O/c1-11-6-13(7-12(2)27-11)22-15-8-14(4-5-18(15)29-30-22)28-23(32)20-17(24)9-19-16(21(20)25)10-26-31(19)3/h4-10H,1-3H3,(H,28,32)(H,29,30). The van der Waals surface area contributed by atoms with Gasteiger partial charge < -0.3 is 5.32 Å². The van der Waals surface area contributed by atoms with Crippen LogP contribution >= 0.6 is 0 Å². The molecule has 160 valence electrons. The number of hydrogen-bond acceptors (Lipinski definition) is 4. The SMILES string of the molecule is Cc1cc(-c2n[nH]c3ccc(NC(=O)c4c(F)cc5c(cnn5C)c4F)cc23)cc(C)n1. The van der Waals surface area contributed by atoms with Crippen molar-refractivity contribution in [3.63, 3.8) is 0 Å². The van der Waals surface area contributed by atoms with Gasteiger partial charge >= 0.3 is 0 Å². The van der Waals surface area contributed by atoms with Crippen LogP contribution in [0.15, 0.2) is 42.6 Å². The zero-order valence-corrected chi connectivity index (χ0v) is 17.5. The fourth-order valence-electron chi connectivity index (χ4n) is 3.90. The van der Waals surface area contributed by atoms with Crippen molar-refractivity contribution in [2.45, 2.75) is 13.8 Å². The van der Waals surface area contributed by atoms with Crippen molar-refractivity contribution in [2.24, 2.45) is 7.05 Å². The quantitative estimate of drug-likeness (QED) is 0.434. The van der Waals surface area contributed by atoms with Crippen LogP contribution in [0.4, 0.5) is 14.5 Å². The molecule has 0 aliphatic carbocycles. The first-order valence-electron chi connectivity index (χ1n) is 9.86. The van der Waals surface area contributed by atoms with E-state index < -0.39 is 23.1 Å². The number of aromatic amines is 1. The van der Waals surface area contributed by atoms with E-state index in [4.69, 9.17) is 0 Å². The molecule has 0 bridgehead atoms. The molecule has 0 saturated carbocycles. The second-order valence-corrected chi connectivity index (χ2v) is 7.67.